The van der Waals surface area contributed by atoms with E-state index in [0.29, 0.717) is 0 Å². The van der Waals surface area contributed by atoms with Crippen molar-refractivity contribution in [1.29, 1.82) is 0 Å². The van der Waals surface area contributed by atoms with Crippen LogP contribution < -0.4 is 4.72 Å². The predicted octanol–water partition coefficient (Wildman–Crippen LogP) is 0.578. The monoisotopic (exact) mass is 245 g/mol. The van der Waals surface area contributed by atoms with Crippen LogP contribution in [0.25, 0.3) is 0 Å². The predicted molar refractivity (Wildman–Crippen MR) is 53.3 cm³/mol. The van der Waals surface area contributed by atoms with Gasteiger partial charge in [0.05, 0.1) is 5.75 Å². The van der Waals surface area contributed by atoms with Crippen molar-refractivity contribution in [2.45, 2.75) is 33.3 Å². The van der Waals surface area contributed by atoms with Crippen LogP contribution in [0.5, 0.6) is 0 Å². The minimum atomic E-state index is -3.61. The fourth-order valence-corrected chi connectivity index (χ4v) is 2.59. The Labute approximate surface area is 88.7 Å². The maximum Gasteiger partial charge on any atom is 0.265 e. The second-order valence-electron chi connectivity index (χ2n) is 4.57. The number of aliphatic hydroxyl groups is 1. The Morgan fingerprint density at radius 2 is 1.80 bits per heavy atom. The highest BCUT2D eigenvalue weighted by molar-refractivity contribution is 7.89. The number of halogens is 2. The van der Waals surface area contributed by atoms with E-state index in [0.717, 1.165) is 0 Å². The number of rotatable bonds is 5. The topological polar surface area (TPSA) is 66.4 Å². The fraction of sp³-hybridized carbons (Fsp3) is 1.00. The van der Waals surface area contributed by atoms with Gasteiger partial charge in [-0.25, -0.2) is 21.9 Å². The molecule has 92 valence electrons. The molecule has 0 radical (unpaired) electrons. The molecule has 0 aromatic carbocycles. The summed E-state index contributed by atoms with van der Waals surface area (Å²) in [5, 5.41) is 8.71. The number of hydrogen-bond donors (Lipinski definition) is 2. The third kappa shape index (κ3) is 7.64. The van der Waals surface area contributed by atoms with E-state index in [1.165, 1.54) is 0 Å². The molecule has 0 bridgehead atoms. The molecule has 0 spiro atoms. The summed E-state index contributed by atoms with van der Waals surface area (Å²) in [7, 11) is -3.61. The van der Waals surface area contributed by atoms with Crippen LogP contribution in [0.1, 0.15) is 20.8 Å². The first-order valence-corrected chi connectivity index (χ1v) is 6.12. The molecule has 0 aliphatic carbocycles. The molecule has 0 rings (SSSR count). The lowest BCUT2D eigenvalue weighted by Crippen LogP contribution is -2.39. The zero-order valence-electron chi connectivity index (χ0n) is 9.00. The molecule has 0 aliphatic rings. The Kier molecular flexibility index (Phi) is 5.08. The van der Waals surface area contributed by atoms with Crippen LogP contribution in [0, 0.1) is 5.41 Å². The van der Waals surface area contributed by atoms with Gasteiger partial charge in [-0.05, 0) is 5.41 Å². The highest BCUT2D eigenvalue weighted by Crippen LogP contribution is 2.15. The molecule has 0 aliphatic heterocycles. The average molecular weight is 245 g/mol. The molecule has 0 saturated heterocycles. The van der Waals surface area contributed by atoms with Crippen molar-refractivity contribution in [2.75, 3.05) is 12.3 Å². The quantitative estimate of drug-likeness (QED) is 0.744. The Bertz CT molecular complexity index is 285. The van der Waals surface area contributed by atoms with Crippen molar-refractivity contribution in [3.8, 4) is 0 Å². The molecule has 0 fully saturated rings. The molecular formula is C8H17F2NO3S. The van der Waals surface area contributed by atoms with Crippen LogP contribution in [0.2, 0.25) is 0 Å². The van der Waals surface area contributed by atoms with Gasteiger partial charge in [0, 0.05) is 6.54 Å². The van der Waals surface area contributed by atoms with Gasteiger partial charge in [0.15, 0.2) is 0 Å². The number of sulfonamides is 1. The number of alkyl halides is 2. The molecule has 15 heavy (non-hydrogen) atoms. The molecule has 4 nitrogen and oxygen atoms in total. The summed E-state index contributed by atoms with van der Waals surface area (Å²) in [4.78, 5) is 0. The smallest absolute Gasteiger partial charge is 0.265 e. The Morgan fingerprint density at radius 1 is 1.33 bits per heavy atom. The lowest BCUT2D eigenvalue weighted by Gasteiger charge is -2.19. The van der Waals surface area contributed by atoms with Gasteiger partial charge >= 0.3 is 0 Å². The highest BCUT2D eigenvalue weighted by Gasteiger charge is 2.24. The Balaban J connectivity index is 4.18. The van der Waals surface area contributed by atoms with E-state index >= 15 is 0 Å². The molecule has 1 atom stereocenters. The minimum absolute atomic E-state index is 0.171. The molecule has 2 N–H and O–H groups in total. The molecule has 0 aromatic heterocycles. The van der Waals surface area contributed by atoms with Crippen LogP contribution >= 0.6 is 0 Å². The highest BCUT2D eigenvalue weighted by atomic mass is 32.2. The van der Waals surface area contributed by atoms with Crippen molar-refractivity contribution < 1.29 is 22.3 Å². The molecule has 7 heteroatoms. The summed E-state index contributed by atoms with van der Waals surface area (Å²) in [5.74, 6) is -0.171. The van der Waals surface area contributed by atoms with E-state index < -0.39 is 34.5 Å². The van der Waals surface area contributed by atoms with Gasteiger partial charge in [-0.2, -0.15) is 0 Å². The van der Waals surface area contributed by atoms with Gasteiger partial charge < -0.3 is 5.11 Å². The molecule has 0 saturated carbocycles. The van der Waals surface area contributed by atoms with Crippen molar-refractivity contribution in [2.24, 2.45) is 5.41 Å². The summed E-state index contributed by atoms with van der Waals surface area (Å²) in [6, 6.07) is 0. The van der Waals surface area contributed by atoms with Crippen LogP contribution in [-0.4, -0.2) is 38.4 Å². The van der Waals surface area contributed by atoms with Crippen molar-refractivity contribution in [1.82, 2.24) is 4.72 Å². The van der Waals surface area contributed by atoms with Gasteiger partial charge in [-0.15, -0.1) is 0 Å². The normalized spacial score (nSPS) is 15.7. The first-order valence-electron chi connectivity index (χ1n) is 4.47. The second-order valence-corrected chi connectivity index (χ2v) is 6.38. The third-order valence-corrected chi connectivity index (χ3v) is 3.28. The average Bonchev–Trinajstić information content (AvgIpc) is 1.95. The van der Waals surface area contributed by atoms with Gasteiger partial charge in [0.1, 0.15) is 6.10 Å². The largest absolute Gasteiger partial charge is 0.386 e. The molecule has 0 heterocycles. The first kappa shape index (κ1) is 14.7. The maximum atomic E-state index is 11.9. The van der Waals surface area contributed by atoms with E-state index in [9.17, 15) is 17.2 Å². The summed E-state index contributed by atoms with van der Waals surface area (Å²) < 4.78 is 48.3. The van der Waals surface area contributed by atoms with Crippen molar-refractivity contribution >= 4 is 10.0 Å². The second kappa shape index (κ2) is 5.18. The molecular weight excluding hydrogens is 228 g/mol. The Hall–Kier alpha value is -0.270. The zero-order valence-corrected chi connectivity index (χ0v) is 9.81. The van der Waals surface area contributed by atoms with Crippen LogP contribution in [0.15, 0.2) is 0 Å². The van der Waals surface area contributed by atoms with Crippen LogP contribution in [0.3, 0.4) is 0 Å². The lowest BCUT2D eigenvalue weighted by molar-refractivity contribution is -0.000468. The molecule has 1 unspecified atom stereocenters. The van der Waals surface area contributed by atoms with Gasteiger partial charge in [-0.1, -0.05) is 20.8 Å². The molecule has 0 amide bonds. The third-order valence-electron chi connectivity index (χ3n) is 1.43. The maximum absolute atomic E-state index is 11.9. The van der Waals surface area contributed by atoms with E-state index in [2.05, 4.69) is 0 Å². The van der Waals surface area contributed by atoms with E-state index in [4.69, 9.17) is 5.11 Å². The van der Waals surface area contributed by atoms with Gasteiger partial charge in [-0.3, -0.25) is 0 Å². The fourth-order valence-electron chi connectivity index (χ4n) is 0.923. The standard InChI is InChI=1S/C8H17F2NO3S/c1-8(2,3)5-15(13,14)11-4-6(12)7(9)10/h6-7,11-12H,4-5H2,1-3H3. The van der Waals surface area contributed by atoms with E-state index in [-0.39, 0.29) is 5.75 Å². The summed E-state index contributed by atoms with van der Waals surface area (Å²) in [6.45, 7) is 4.50. The van der Waals surface area contributed by atoms with E-state index in [1.54, 1.807) is 20.8 Å². The number of hydrogen-bond acceptors (Lipinski definition) is 3. The first-order chi connectivity index (χ1) is 6.53. The van der Waals surface area contributed by atoms with Crippen LogP contribution in [-0.2, 0) is 10.0 Å². The van der Waals surface area contributed by atoms with Gasteiger partial charge in [0.2, 0.25) is 10.0 Å². The number of aliphatic hydroxyl groups excluding tert-OH is 1. The lowest BCUT2D eigenvalue weighted by atomic mass is 10.0. The van der Waals surface area contributed by atoms with Crippen molar-refractivity contribution in [3.05, 3.63) is 0 Å². The van der Waals surface area contributed by atoms with E-state index in [1.807, 2.05) is 4.72 Å². The Morgan fingerprint density at radius 3 is 2.13 bits per heavy atom. The summed E-state index contributed by atoms with van der Waals surface area (Å²) >= 11 is 0. The SMILES string of the molecule is CC(C)(C)CS(=O)(=O)NCC(O)C(F)F. The van der Waals surface area contributed by atoms with Crippen molar-refractivity contribution in [3.63, 3.8) is 0 Å². The van der Waals surface area contributed by atoms with Crippen LogP contribution in [0.4, 0.5) is 8.78 Å². The summed E-state index contributed by atoms with van der Waals surface area (Å²) in [5.41, 5.74) is -0.457. The number of nitrogens with one attached hydrogen (secondary N) is 1. The zero-order chi connectivity index (χ0) is 12.3. The summed E-state index contributed by atoms with van der Waals surface area (Å²) in [6.07, 6.45) is -4.90. The minimum Gasteiger partial charge on any atom is -0.386 e. The van der Waals surface area contributed by atoms with Gasteiger partial charge in [0.25, 0.3) is 6.43 Å². The molecule has 0 aromatic rings.